The van der Waals surface area contributed by atoms with Gasteiger partial charge in [0.15, 0.2) is 0 Å². The second-order valence-electron chi connectivity index (χ2n) is 3.06. The van der Waals surface area contributed by atoms with Crippen molar-refractivity contribution in [2.75, 3.05) is 0 Å². The smallest absolute Gasteiger partial charge is 0.350 e. The lowest BCUT2D eigenvalue weighted by molar-refractivity contribution is 0.619. The predicted molar refractivity (Wildman–Crippen MR) is 84.4 cm³/mol. The maximum absolute atomic E-state index is 6.19. The van der Waals surface area contributed by atoms with Gasteiger partial charge in [-0.1, -0.05) is 18.2 Å². The molecule has 1 aliphatic heterocycles. The van der Waals surface area contributed by atoms with E-state index in [0.717, 1.165) is 0 Å². The summed E-state index contributed by atoms with van der Waals surface area (Å²) in [6, 6.07) is 8.79. The first-order valence-corrected chi connectivity index (χ1v) is 13.9. The summed E-state index contributed by atoms with van der Waals surface area (Å²) in [5.74, 6) is -5.59. The van der Waals surface area contributed by atoms with Crippen LogP contribution in [0.5, 0.6) is 5.75 Å². The molecule has 0 bridgehead atoms. The molecule has 0 radical (unpaired) electrons. The second kappa shape index (κ2) is 5.51. The van der Waals surface area contributed by atoms with Gasteiger partial charge in [0.2, 0.25) is 0 Å². The second-order valence-corrected chi connectivity index (χ2v) is 16.2. The van der Waals surface area contributed by atoms with Crippen molar-refractivity contribution in [1.29, 1.82) is 0 Å². The summed E-state index contributed by atoms with van der Waals surface area (Å²) in [4.78, 5) is 0. The number of hydrogen-bond donors (Lipinski definition) is 0. The first-order chi connectivity index (χ1) is 8.20. The van der Waals surface area contributed by atoms with Crippen LogP contribution >= 0.6 is 74.8 Å². The van der Waals surface area contributed by atoms with Crippen molar-refractivity contribution in [3.63, 3.8) is 0 Å². The molecule has 1 heterocycles. The number of nitrogens with zero attached hydrogens (tertiary/aromatic N) is 3. The monoisotopic (exact) mass is 403 g/mol. The molecule has 1 aliphatic rings. The van der Waals surface area contributed by atoms with Gasteiger partial charge in [0.1, 0.15) is 5.75 Å². The van der Waals surface area contributed by atoms with Gasteiger partial charge in [-0.3, -0.25) is 0 Å². The Bertz CT molecular complexity index is 613. The van der Waals surface area contributed by atoms with E-state index in [-0.39, 0.29) is 0 Å². The summed E-state index contributed by atoms with van der Waals surface area (Å²) in [5, 5.41) is 0. The summed E-state index contributed by atoms with van der Waals surface area (Å²) >= 11 is 29.8. The van der Waals surface area contributed by atoms with E-state index >= 15 is 0 Å². The van der Waals surface area contributed by atoms with E-state index in [1.165, 1.54) is 0 Å². The third kappa shape index (κ3) is 4.33. The van der Waals surface area contributed by atoms with E-state index in [1.54, 1.807) is 24.3 Å². The van der Waals surface area contributed by atoms with E-state index in [9.17, 15) is 0 Å². The molecule has 1 aromatic carbocycles. The van der Waals surface area contributed by atoms with Gasteiger partial charge < -0.3 is 4.52 Å². The summed E-state index contributed by atoms with van der Waals surface area (Å²) in [6.07, 6.45) is 0. The van der Waals surface area contributed by atoms with E-state index in [2.05, 4.69) is 13.5 Å². The molecule has 1 aromatic rings. The first-order valence-electron chi connectivity index (χ1n) is 4.34. The number of para-hydroxylation sites is 1. The quantitative estimate of drug-likeness (QED) is 0.458. The van der Waals surface area contributed by atoms with Crippen molar-refractivity contribution in [3.8, 4) is 5.75 Å². The molecule has 1 unspecified atom stereocenters. The van der Waals surface area contributed by atoms with Gasteiger partial charge in [0.05, 0.1) is 0 Å². The lowest BCUT2D eigenvalue weighted by Gasteiger charge is -2.21. The predicted octanol–water partition coefficient (Wildman–Crippen LogP) is 8.11. The van der Waals surface area contributed by atoms with Gasteiger partial charge in [-0.2, -0.15) is 13.5 Å². The van der Waals surface area contributed by atoms with E-state index in [0.29, 0.717) is 5.75 Å². The molecule has 0 aromatic heterocycles. The Morgan fingerprint density at radius 2 is 1.33 bits per heavy atom. The fraction of sp³-hybridized carbons (Fsp3) is 0. The van der Waals surface area contributed by atoms with E-state index in [4.69, 9.17) is 60.7 Å². The molecular weight excluding hydrogens is 400 g/mol. The minimum Gasteiger partial charge on any atom is -0.431 e. The van der Waals surface area contributed by atoms with Crippen LogP contribution in [-0.4, -0.2) is 0 Å². The van der Waals surface area contributed by atoms with E-state index < -0.39 is 18.6 Å². The zero-order valence-corrected chi connectivity index (χ0v) is 14.8. The highest BCUT2D eigenvalue weighted by Gasteiger charge is 2.34. The third-order valence-corrected chi connectivity index (χ3v) is 13.6. The van der Waals surface area contributed by atoms with Gasteiger partial charge in [-0.15, -0.1) is 0 Å². The minimum absolute atomic E-state index is 0.483. The summed E-state index contributed by atoms with van der Waals surface area (Å²) in [6.45, 7) is -3.13. The molecule has 12 heteroatoms. The molecule has 2 rings (SSSR count). The molecule has 100 valence electrons. The van der Waals surface area contributed by atoms with Crippen LogP contribution in [0.3, 0.4) is 0 Å². The molecule has 0 spiro atoms. The zero-order chi connectivity index (χ0) is 13.4. The van der Waals surface area contributed by atoms with E-state index in [1.807, 2.05) is 6.07 Å². The number of hydrogen-bond acceptors (Lipinski definition) is 4. The first kappa shape index (κ1) is 15.5. The standard InChI is InChI=1S/C6H5Cl5N3OP3/c7-16(8)12-17(9,10)14-18(11,13-16)15-6-4-2-1-3-5-6/h1-5H. The van der Waals surface area contributed by atoms with Gasteiger partial charge >= 0.3 is 6.78 Å². The summed E-state index contributed by atoms with van der Waals surface area (Å²) < 4.78 is 17.2. The average Bonchev–Trinajstić information content (AvgIpc) is 2.11. The third-order valence-electron chi connectivity index (χ3n) is 1.62. The Balaban J connectivity index is 2.47. The van der Waals surface area contributed by atoms with Gasteiger partial charge in [-0.05, 0) is 68.3 Å². The molecule has 4 nitrogen and oxygen atoms in total. The van der Waals surface area contributed by atoms with Crippen LogP contribution in [0.2, 0.25) is 0 Å². The van der Waals surface area contributed by atoms with Crippen LogP contribution in [0.25, 0.3) is 0 Å². The van der Waals surface area contributed by atoms with Gasteiger partial charge in [0, 0.05) is 0 Å². The Morgan fingerprint density at radius 3 is 1.89 bits per heavy atom. The fourth-order valence-electron chi connectivity index (χ4n) is 1.10. The maximum Gasteiger partial charge on any atom is 0.350 e. The van der Waals surface area contributed by atoms with Crippen molar-refractivity contribution < 1.29 is 4.52 Å². The van der Waals surface area contributed by atoms with Crippen molar-refractivity contribution in [2.45, 2.75) is 0 Å². The highest BCUT2D eigenvalue weighted by atomic mass is 35.9. The van der Waals surface area contributed by atoms with Crippen LogP contribution < -0.4 is 4.52 Å². The van der Waals surface area contributed by atoms with Gasteiger partial charge in [-0.25, -0.2) is 0 Å². The van der Waals surface area contributed by atoms with Crippen LogP contribution in [0.15, 0.2) is 43.9 Å². The van der Waals surface area contributed by atoms with Crippen LogP contribution in [-0.2, 0) is 0 Å². The van der Waals surface area contributed by atoms with Gasteiger partial charge in [0.25, 0.3) is 11.8 Å². The number of benzene rings is 1. The Kier molecular flexibility index (Phi) is 4.76. The molecule has 18 heavy (non-hydrogen) atoms. The Labute approximate surface area is 128 Å². The fourth-order valence-corrected chi connectivity index (χ4v) is 17.7. The highest BCUT2D eigenvalue weighted by Crippen LogP contribution is 2.86. The molecule has 0 saturated carbocycles. The van der Waals surface area contributed by atoms with Crippen molar-refractivity contribution in [2.24, 2.45) is 13.5 Å². The number of halogens is 5. The maximum atomic E-state index is 6.19. The highest BCUT2D eigenvalue weighted by molar-refractivity contribution is 8.22. The lowest BCUT2D eigenvalue weighted by Crippen LogP contribution is -1.85. The molecule has 0 saturated heterocycles. The largest absolute Gasteiger partial charge is 0.431 e. The van der Waals surface area contributed by atoms with Crippen molar-refractivity contribution >= 4 is 74.8 Å². The molecule has 1 atom stereocenters. The van der Waals surface area contributed by atoms with Crippen LogP contribution in [0, 0.1) is 0 Å². The van der Waals surface area contributed by atoms with Crippen LogP contribution in [0.1, 0.15) is 0 Å². The summed E-state index contributed by atoms with van der Waals surface area (Å²) in [7, 11) is 0. The summed E-state index contributed by atoms with van der Waals surface area (Å²) in [5.41, 5.74) is 0. The molecular formula is C6H5Cl5N3OP3. The normalized spacial score (nSPS) is 28.5. The lowest BCUT2D eigenvalue weighted by atomic mass is 10.3. The topological polar surface area (TPSA) is 46.3 Å². The molecule has 0 amide bonds. The Morgan fingerprint density at radius 1 is 0.778 bits per heavy atom. The number of rotatable bonds is 2. The zero-order valence-electron chi connectivity index (χ0n) is 8.37. The van der Waals surface area contributed by atoms with Crippen molar-refractivity contribution in [1.82, 2.24) is 0 Å². The SMILES string of the molecule is ClP1(Cl)=NP(Cl)(Cl)=NP(Cl)(Oc2ccccc2)=N1. The molecule has 0 fully saturated rings. The Hall–Kier alpha value is 1.16. The van der Waals surface area contributed by atoms with Crippen molar-refractivity contribution in [3.05, 3.63) is 30.3 Å². The molecule has 0 aliphatic carbocycles. The molecule has 0 N–H and O–H groups in total. The van der Waals surface area contributed by atoms with Crippen LogP contribution in [0.4, 0.5) is 0 Å². The average molecular weight is 405 g/mol. The minimum atomic E-state index is -3.13.